The molecule has 44 heavy (non-hydrogen) atoms. The summed E-state index contributed by atoms with van der Waals surface area (Å²) >= 11 is 5.51. The molecule has 0 amide bonds. The van der Waals surface area contributed by atoms with Gasteiger partial charge in [-0.3, -0.25) is 0 Å². The van der Waals surface area contributed by atoms with Crippen LogP contribution in [0.2, 0.25) is 5.28 Å². The molecule has 4 rings (SSSR count). The first kappa shape index (κ1) is 34.2. The molecule has 0 bridgehead atoms. The maximum atomic E-state index is 12.6. The van der Waals surface area contributed by atoms with Crippen molar-refractivity contribution in [1.29, 1.82) is 0 Å². The number of hydrogen-bond donors (Lipinski definition) is 3. The zero-order chi connectivity index (χ0) is 32.3. The lowest BCUT2D eigenvalue weighted by Crippen LogP contribution is -2.21. The molecule has 2 aromatic heterocycles. The van der Waals surface area contributed by atoms with Crippen LogP contribution in [0, 0.1) is 0 Å². The number of nitrogens with one attached hydrogen (secondary N) is 2. The maximum absolute atomic E-state index is 12.6. The molecule has 0 aliphatic carbocycles. The molecule has 16 heteroatoms. The summed E-state index contributed by atoms with van der Waals surface area (Å²) in [7, 11) is 0. The molecule has 2 atom stereocenters. The Kier molecular flexibility index (Phi) is 12.0. The highest BCUT2D eigenvalue weighted by Crippen LogP contribution is 2.28. The zero-order valence-corrected chi connectivity index (χ0v) is 24.4. The van der Waals surface area contributed by atoms with Gasteiger partial charge in [-0.2, -0.15) is 56.2 Å². The Bertz CT molecular complexity index is 1350. The highest BCUT2D eigenvalue weighted by molar-refractivity contribution is 6.28. The van der Waals surface area contributed by atoms with Crippen molar-refractivity contribution in [2.45, 2.75) is 64.0 Å². The molecule has 9 nitrogen and oxygen atoms in total. The summed E-state index contributed by atoms with van der Waals surface area (Å²) in [6.45, 7) is 3.68. The van der Waals surface area contributed by atoms with E-state index in [1.165, 1.54) is 0 Å². The van der Waals surface area contributed by atoms with Gasteiger partial charge < -0.3 is 16.4 Å². The number of aromatic nitrogens is 6. The lowest BCUT2D eigenvalue weighted by atomic mass is 10.1. The largest absolute Gasteiger partial charge is 0.451 e. The summed E-state index contributed by atoms with van der Waals surface area (Å²) in [6.07, 6.45) is -6.29. The fraction of sp³-hybridized carbons (Fsp3) is 0.357. The number of nitrogens with two attached hydrogens (primary N) is 1. The summed E-state index contributed by atoms with van der Waals surface area (Å²) in [5.41, 5.74) is 7.60. The van der Waals surface area contributed by atoms with Gasteiger partial charge in [-0.1, -0.05) is 60.7 Å². The van der Waals surface area contributed by atoms with Crippen LogP contribution in [0.25, 0.3) is 0 Å². The van der Waals surface area contributed by atoms with Crippen LogP contribution in [0.4, 0.5) is 44.2 Å². The van der Waals surface area contributed by atoms with Crippen molar-refractivity contribution in [3.63, 3.8) is 0 Å². The summed E-state index contributed by atoms with van der Waals surface area (Å²) in [5.74, 6) is -3.39. The van der Waals surface area contributed by atoms with Crippen LogP contribution in [0.5, 0.6) is 0 Å². The van der Waals surface area contributed by atoms with Gasteiger partial charge in [0.1, 0.15) is 0 Å². The lowest BCUT2D eigenvalue weighted by molar-refractivity contribution is -0.145. The van der Waals surface area contributed by atoms with E-state index < -0.39 is 35.2 Å². The average molecular weight is 642 g/mol. The fourth-order valence-corrected chi connectivity index (χ4v) is 3.93. The molecule has 0 saturated carbocycles. The molecule has 0 fully saturated rings. The highest BCUT2D eigenvalue weighted by Gasteiger charge is 2.36. The van der Waals surface area contributed by atoms with Crippen LogP contribution in [0.1, 0.15) is 49.5 Å². The fourth-order valence-electron chi connectivity index (χ4n) is 3.77. The van der Waals surface area contributed by atoms with Crippen molar-refractivity contribution in [3.05, 3.63) is 88.7 Å². The summed E-state index contributed by atoms with van der Waals surface area (Å²) in [4.78, 5) is 20.3. The minimum Gasteiger partial charge on any atom is -0.368 e. The molecule has 4 N–H and O–H groups in total. The molecule has 0 saturated heterocycles. The van der Waals surface area contributed by atoms with E-state index in [9.17, 15) is 26.3 Å². The van der Waals surface area contributed by atoms with Crippen molar-refractivity contribution in [2.75, 3.05) is 16.4 Å². The molecule has 4 aromatic rings. The Hall–Kier alpha value is -4.27. The maximum Gasteiger partial charge on any atom is 0.451 e. The van der Waals surface area contributed by atoms with E-state index in [0.29, 0.717) is 6.42 Å². The number of anilines is 3. The second-order valence-corrected chi connectivity index (χ2v) is 10.1. The van der Waals surface area contributed by atoms with Gasteiger partial charge in [0.15, 0.2) is 0 Å². The van der Waals surface area contributed by atoms with E-state index in [1.807, 2.05) is 74.5 Å². The average Bonchev–Trinajstić information content (AvgIpc) is 2.95. The normalized spacial score (nSPS) is 12.9. The Labute approximate surface area is 254 Å². The summed E-state index contributed by atoms with van der Waals surface area (Å²) in [6, 6.07) is 19.4. The standard InChI is InChI=1S/C14H14ClF3N4.C14H16F3N5/c1-9(7-8-10-5-3-2-4-6-10)19-13-21-11(14(16,17)18)20-12(15)22-13;1-9(7-8-10-5-3-2-4-6-10)19-13-21-11(14(15,16)17)20-12(18)22-13/h2-6,9H,7-8H2,1H3,(H,19,20,21,22);2-6,9H,7-8H2,1H3,(H3,18,19,20,21,22). The highest BCUT2D eigenvalue weighted by atomic mass is 35.5. The first-order chi connectivity index (χ1) is 20.7. The molecule has 2 aromatic carbocycles. The number of halogens is 7. The molecule has 0 aliphatic heterocycles. The van der Waals surface area contributed by atoms with E-state index in [0.717, 1.165) is 30.4 Å². The zero-order valence-electron chi connectivity index (χ0n) is 23.7. The minimum atomic E-state index is -4.66. The first-order valence-corrected chi connectivity index (χ1v) is 13.7. The van der Waals surface area contributed by atoms with Crippen LogP contribution in [-0.4, -0.2) is 42.0 Å². The van der Waals surface area contributed by atoms with Crippen LogP contribution in [0.3, 0.4) is 0 Å². The Balaban J connectivity index is 0.000000240. The van der Waals surface area contributed by atoms with E-state index in [1.54, 1.807) is 0 Å². The quantitative estimate of drug-likeness (QED) is 0.159. The third kappa shape index (κ3) is 11.8. The van der Waals surface area contributed by atoms with Crippen LogP contribution in [0.15, 0.2) is 60.7 Å². The smallest absolute Gasteiger partial charge is 0.368 e. The SMILES string of the molecule is CC(CCc1ccccc1)Nc1nc(Cl)nc(C(F)(F)F)n1.CC(CCc1ccccc1)Nc1nc(N)nc(C(F)(F)F)n1. The minimum absolute atomic E-state index is 0.108. The van der Waals surface area contributed by atoms with Crippen molar-refractivity contribution in [1.82, 2.24) is 29.9 Å². The van der Waals surface area contributed by atoms with Gasteiger partial charge in [0.2, 0.25) is 34.8 Å². The van der Waals surface area contributed by atoms with Crippen molar-refractivity contribution >= 4 is 29.4 Å². The van der Waals surface area contributed by atoms with Crippen LogP contribution in [-0.2, 0) is 25.2 Å². The van der Waals surface area contributed by atoms with Gasteiger partial charge in [-0.05, 0) is 62.3 Å². The second kappa shape index (κ2) is 15.5. The molecule has 0 radical (unpaired) electrons. The molecule has 236 valence electrons. The molecule has 0 aliphatic rings. The van der Waals surface area contributed by atoms with E-state index in [4.69, 9.17) is 17.3 Å². The molecular weight excluding hydrogens is 612 g/mol. The summed E-state index contributed by atoms with van der Waals surface area (Å²) in [5, 5.41) is 5.16. The predicted molar refractivity (Wildman–Crippen MR) is 155 cm³/mol. The van der Waals surface area contributed by atoms with E-state index in [-0.39, 0.29) is 24.0 Å². The van der Waals surface area contributed by atoms with Crippen LogP contribution < -0.4 is 16.4 Å². The van der Waals surface area contributed by atoms with Crippen molar-refractivity contribution < 1.29 is 26.3 Å². The third-order valence-corrected chi connectivity index (χ3v) is 6.11. The second-order valence-electron chi connectivity index (χ2n) is 9.73. The molecular formula is C28H30ClF6N9. The van der Waals surface area contributed by atoms with Gasteiger partial charge in [-0.15, -0.1) is 0 Å². The van der Waals surface area contributed by atoms with E-state index >= 15 is 0 Å². The number of rotatable bonds is 10. The summed E-state index contributed by atoms with van der Waals surface area (Å²) < 4.78 is 75.7. The van der Waals surface area contributed by atoms with Gasteiger partial charge in [-0.25, -0.2) is 0 Å². The predicted octanol–water partition coefficient (Wildman–Crippen LogP) is 6.88. The van der Waals surface area contributed by atoms with Gasteiger partial charge in [0, 0.05) is 12.1 Å². The van der Waals surface area contributed by atoms with Crippen molar-refractivity contribution in [2.24, 2.45) is 0 Å². The monoisotopic (exact) mass is 641 g/mol. The Morgan fingerprint density at radius 1 is 0.636 bits per heavy atom. The number of hydrogen-bond acceptors (Lipinski definition) is 9. The number of nitrogens with zero attached hydrogens (tertiary/aromatic N) is 6. The number of benzene rings is 2. The lowest BCUT2D eigenvalue weighted by Gasteiger charge is -2.15. The topological polar surface area (TPSA) is 127 Å². The molecule has 0 spiro atoms. The van der Waals surface area contributed by atoms with Crippen molar-refractivity contribution in [3.8, 4) is 0 Å². The number of aryl methyl sites for hydroxylation is 2. The molecule has 2 heterocycles. The van der Waals surface area contributed by atoms with Gasteiger partial charge in [0.25, 0.3) is 0 Å². The van der Waals surface area contributed by atoms with Gasteiger partial charge >= 0.3 is 12.4 Å². The van der Waals surface area contributed by atoms with Gasteiger partial charge in [0.05, 0.1) is 0 Å². The Morgan fingerprint density at radius 2 is 1.05 bits per heavy atom. The first-order valence-electron chi connectivity index (χ1n) is 13.4. The van der Waals surface area contributed by atoms with Crippen LogP contribution >= 0.6 is 11.6 Å². The van der Waals surface area contributed by atoms with E-state index in [2.05, 4.69) is 40.5 Å². The number of alkyl halides is 6. The molecule has 2 unspecified atom stereocenters. The number of nitrogen functional groups attached to an aromatic ring is 1. The third-order valence-electron chi connectivity index (χ3n) is 5.94. The Morgan fingerprint density at radius 3 is 1.48 bits per heavy atom.